The van der Waals surface area contributed by atoms with Crippen molar-refractivity contribution in [2.24, 2.45) is 0 Å². The van der Waals surface area contributed by atoms with Gasteiger partial charge in [-0.3, -0.25) is 0 Å². The Morgan fingerprint density at radius 3 is 2.65 bits per heavy atom. The summed E-state index contributed by atoms with van der Waals surface area (Å²) in [5, 5.41) is 0. The first-order chi connectivity index (χ1) is 9.72. The molecule has 1 aromatic carbocycles. The third-order valence-corrected chi connectivity index (χ3v) is 2.89. The van der Waals surface area contributed by atoms with Crippen molar-refractivity contribution >= 4 is 11.5 Å². The lowest BCUT2D eigenvalue weighted by Crippen LogP contribution is -2.20. The molecule has 5 heteroatoms. The number of aromatic nitrogens is 2. The molecule has 0 unspecified atom stereocenters. The van der Waals surface area contributed by atoms with E-state index in [1.54, 1.807) is 0 Å². The van der Waals surface area contributed by atoms with Gasteiger partial charge < -0.3 is 15.4 Å². The molecule has 0 atom stereocenters. The molecule has 0 fully saturated rings. The largest absolute Gasteiger partial charge is 0.476 e. The second kappa shape index (κ2) is 6.75. The van der Waals surface area contributed by atoms with Gasteiger partial charge in [-0.15, -0.1) is 0 Å². The standard InChI is InChI=1S/C15H20N4O/c1-3-9-20-15-13(16)14(17-11-18-15)19(2)10-12-7-5-4-6-8-12/h4-8,11H,3,9-10,16H2,1-2H3. The van der Waals surface area contributed by atoms with Gasteiger partial charge in [0.25, 0.3) is 0 Å². The van der Waals surface area contributed by atoms with E-state index in [-0.39, 0.29) is 0 Å². The molecule has 0 amide bonds. The van der Waals surface area contributed by atoms with E-state index >= 15 is 0 Å². The van der Waals surface area contributed by atoms with E-state index < -0.39 is 0 Å². The number of nitrogen functional groups attached to an aromatic ring is 1. The Balaban J connectivity index is 2.15. The molecule has 0 aliphatic heterocycles. The monoisotopic (exact) mass is 272 g/mol. The zero-order valence-electron chi connectivity index (χ0n) is 11.9. The van der Waals surface area contributed by atoms with Crippen molar-refractivity contribution in [2.75, 3.05) is 24.3 Å². The predicted molar refractivity (Wildman–Crippen MR) is 80.8 cm³/mol. The highest BCUT2D eigenvalue weighted by atomic mass is 16.5. The van der Waals surface area contributed by atoms with E-state index in [1.807, 2.05) is 37.1 Å². The SMILES string of the molecule is CCCOc1ncnc(N(C)Cc2ccccc2)c1N. The normalized spacial score (nSPS) is 10.3. The molecule has 0 saturated carbocycles. The Labute approximate surface area is 119 Å². The maximum absolute atomic E-state index is 6.09. The summed E-state index contributed by atoms with van der Waals surface area (Å²) in [5.74, 6) is 1.15. The Morgan fingerprint density at radius 2 is 1.95 bits per heavy atom. The first-order valence-corrected chi connectivity index (χ1v) is 6.70. The van der Waals surface area contributed by atoms with Crippen molar-refractivity contribution in [1.29, 1.82) is 0 Å². The molecular weight excluding hydrogens is 252 g/mol. The minimum absolute atomic E-state index is 0.455. The van der Waals surface area contributed by atoms with Gasteiger partial charge in [0.2, 0.25) is 5.88 Å². The quantitative estimate of drug-likeness (QED) is 0.875. The number of benzene rings is 1. The maximum Gasteiger partial charge on any atom is 0.242 e. The lowest BCUT2D eigenvalue weighted by atomic mass is 10.2. The molecule has 0 bridgehead atoms. The zero-order valence-corrected chi connectivity index (χ0v) is 11.9. The number of anilines is 2. The highest BCUT2D eigenvalue weighted by molar-refractivity contribution is 5.67. The maximum atomic E-state index is 6.09. The van der Waals surface area contributed by atoms with Gasteiger partial charge in [-0.05, 0) is 12.0 Å². The highest BCUT2D eigenvalue weighted by Crippen LogP contribution is 2.27. The third kappa shape index (κ3) is 3.38. The summed E-state index contributed by atoms with van der Waals surface area (Å²) in [6, 6.07) is 10.2. The molecule has 0 spiro atoms. The molecule has 2 rings (SSSR count). The van der Waals surface area contributed by atoms with Crippen LogP contribution in [0.5, 0.6) is 5.88 Å². The van der Waals surface area contributed by atoms with Crippen molar-refractivity contribution in [3.63, 3.8) is 0 Å². The molecule has 20 heavy (non-hydrogen) atoms. The van der Waals surface area contributed by atoms with Crippen LogP contribution in [0.25, 0.3) is 0 Å². The smallest absolute Gasteiger partial charge is 0.242 e. The summed E-state index contributed by atoms with van der Waals surface area (Å²) >= 11 is 0. The van der Waals surface area contributed by atoms with E-state index in [4.69, 9.17) is 10.5 Å². The molecule has 1 heterocycles. The van der Waals surface area contributed by atoms with Gasteiger partial charge in [-0.2, -0.15) is 4.98 Å². The van der Waals surface area contributed by atoms with Crippen LogP contribution in [-0.2, 0) is 6.54 Å². The summed E-state index contributed by atoms with van der Waals surface area (Å²) in [6.45, 7) is 3.37. The Hall–Kier alpha value is -2.30. The first-order valence-electron chi connectivity index (χ1n) is 6.70. The lowest BCUT2D eigenvalue weighted by molar-refractivity contribution is 0.306. The Bertz CT molecular complexity index is 545. The zero-order chi connectivity index (χ0) is 14.4. The summed E-state index contributed by atoms with van der Waals surface area (Å²) in [7, 11) is 1.95. The molecule has 106 valence electrons. The van der Waals surface area contributed by atoms with Crippen LogP contribution in [0, 0.1) is 0 Å². The van der Waals surface area contributed by atoms with Gasteiger partial charge in [-0.25, -0.2) is 4.98 Å². The number of nitrogens with two attached hydrogens (primary N) is 1. The fraction of sp³-hybridized carbons (Fsp3) is 0.333. The van der Waals surface area contributed by atoms with E-state index in [1.165, 1.54) is 11.9 Å². The molecule has 0 radical (unpaired) electrons. The van der Waals surface area contributed by atoms with Crippen LogP contribution in [0.1, 0.15) is 18.9 Å². The number of nitrogens with zero attached hydrogens (tertiary/aromatic N) is 3. The highest BCUT2D eigenvalue weighted by Gasteiger charge is 2.13. The predicted octanol–water partition coefficient (Wildman–Crippen LogP) is 2.48. The van der Waals surface area contributed by atoms with Crippen LogP contribution < -0.4 is 15.4 Å². The molecule has 2 N–H and O–H groups in total. The van der Waals surface area contributed by atoms with Crippen molar-refractivity contribution in [2.45, 2.75) is 19.9 Å². The number of rotatable bonds is 6. The number of hydrogen-bond acceptors (Lipinski definition) is 5. The molecule has 0 aliphatic carbocycles. The third-order valence-electron chi connectivity index (χ3n) is 2.89. The van der Waals surface area contributed by atoms with Gasteiger partial charge in [0, 0.05) is 13.6 Å². The summed E-state index contributed by atoms with van der Waals surface area (Å²) < 4.78 is 5.52. The summed E-state index contributed by atoms with van der Waals surface area (Å²) in [5.41, 5.74) is 7.77. The van der Waals surface area contributed by atoms with Crippen LogP contribution >= 0.6 is 0 Å². The second-order valence-corrected chi connectivity index (χ2v) is 4.61. The van der Waals surface area contributed by atoms with Gasteiger partial charge in [0.15, 0.2) is 5.82 Å². The molecular formula is C15H20N4O. The number of hydrogen-bond donors (Lipinski definition) is 1. The Morgan fingerprint density at radius 1 is 1.20 bits per heavy atom. The average Bonchev–Trinajstić information content (AvgIpc) is 2.47. The van der Waals surface area contributed by atoms with E-state index in [0.29, 0.717) is 24.0 Å². The van der Waals surface area contributed by atoms with E-state index in [0.717, 1.165) is 13.0 Å². The summed E-state index contributed by atoms with van der Waals surface area (Å²) in [6.07, 6.45) is 2.40. The van der Waals surface area contributed by atoms with Gasteiger partial charge in [0.05, 0.1) is 6.61 Å². The average molecular weight is 272 g/mol. The fourth-order valence-electron chi connectivity index (χ4n) is 1.92. The van der Waals surface area contributed by atoms with Crippen molar-refractivity contribution < 1.29 is 4.74 Å². The summed E-state index contributed by atoms with van der Waals surface area (Å²) in [4.78, 5) is 10.3. The van der Waals surface area contributed by atoms with Crippen LogP contribution in [0.4, 0.5) is 11.5 Å². The van der Waals surface area contributed by atoms with Crippen molar-refractivity contribution in [3.05, 3.63) is 42.2 Å². The minimum atomic E-state index is 0.455. The molecule has 0 saturated heterocycles. The van der Waals surface area contributed by atoms with Gasteiger partial charge >= 0.3 is 0 Å². The molecule has 5 nitrogen and oxygen atoms in total. The van der Waals surface area contributed by atoms with Gasteiger partial charge in [-0.1, -0.05) is 37.3 Å². The van der Waals surface area contributed by atoms with Crippen LogP contribution in [-0.4, -0.2) is 23.6 Å². The lowest BCUT2D eigenvalue weighted by Gasteiger charge is -2.20. The van der Waals surface area contributed by atoms with Crippen LogP contribution in [0.2, 0.25) is 0 Å². The topological polar surface area (TPSA) is 64.3 Å². The fourth-order valence-corrected chi connectivity index (χ4v) is 1.92. The molecule has 1 aromatic heterocycles. The van der Waals surface area contributed by atoms with Crippen LogP contribution in [0.15, 0.2) is 36.7 Å². The van der Waals surface area contributed by atoms with Crippen LogP contribution in [0.3, 0.4) is 0 Å². The second-order valence-electron chi connectivity index (χ2n) is 4.61. The van der Waals surface area contributed by atoms with Crippen molar-refractivity contribution in [3.8, 4) is 5.88 Å². The van der Waals surface area contributed by atoms with Gasteiger partial charge in [0.1, 0.15) is 12.0 Å². The van der Waals surface area contributed by atoms with Crippen molar-refractivity contribution in [1.82, 2.24) is 9.97 Å². The van der Waals surface area contributed by atoms with E-state index in [2.05, 4.69) is 22.1 Å². The molecule has 0 aliphatic rings. The number of ether oxygens (including phenoxy) is 1. The minimum Gasteiger partial charge on any atom is -0.476 e. The first kappa shape index (κ1) is 14.1. The Kier molecular flexibility index (Phi) is 4.76. The van der Waals surface area contributed by atoms with E-state index in [9.17, 15) is 0 Å². The molecule has 2 aromatic rings.